The van der Waals surface area contributed by atoms with E-state index < -0.39 is 21.7 Å². The van der Waals surface area contributed by atoms with Gasteiger partial charge in [0.2, 0.25) is 10.0 Å². The van der Waals surface area contributed by atoms with E-state index in [-0.39, 0.29) is 18.5 Å². The molecule has 37 heavy (non-hydrogen) atoms. The van der Waals surface area contributed by atoms with E-state index in [1.165, 1.54) is 0 Å². The number of hydrogen-bond donors (Lipinski definition) is 4. The number of carboxylic acid groups (broad SMARTS) is 1. The highest BCUT2D eigenvalue weighted by atomic mass is 32.2. The topological polar surface area (TPSA) is 161 Å². The van der Waals surface area contributed by atoms with E-state index in [1.54, 1.807) is 61.5 Å². The van der Waals surface area contributed by atoms with E-state index in [1.807, 2.05) is 11.8 Å². The van der Waals surface area contributed by atoms with Crippen LogP contribution in [-0.4, -0.2) is 67.6 Å². The number of nitrogen functional groups attached to an aromatic ring is 1. The second-order valence-corrected chi connectivity index (χ2v) is 10.9. The Labute approximate surface area is 217 Å². The highest BCUT2D eigenvalue weighted by Crippen LogP contribution is 2.29. The van der Waals surface area contributed by atoms with Gasteiger partial charge in [-0.2, -0.15) is 0 Å². The molecule has 0 amide bonds. The number of nitrogens with two attached hydrogens (primary N) is 1. The monoisotopic (exact) mass is 527 g/mol. The predicted octanol–water partition coefficient (Wildman–Crippen LogP) is 3.05. The van der Waals surface area contributed by atoms with Crippen LogP contribution in [0.1, 0.15) is 36.5 Å². The molecule has 2 aromatic rings. The normalized spacial score (nSPS) is 14.5. The number of piperidine rings is 1. The number of amidine groups is 2. The maximum Gasteiger partial charge on any atom is 0.320 e. The molecule has 0 aliphatic carbocycles. The average Bonchev–Trinajstić information content (AvgIpc) is 2.83. The van der Waals surface area contributed by atoms with Crippen LogP contribution in [0.2, 0.25) is 0 Å². The first kappa shape index (κ1) is 27.7. The smallest absolute Gasteiger partial charge is 0.320 e. The van der Waals surface area contributed by atoms with Crippen molar-refractivity contribution in [1.29, 1.82) is 10.8 Å². The quantitative estimate of drug-likeness (QED) is 0.273. The maximum absolute atomic E-state index is 12.9. The lowest BCUT2D eigenvalue weighted by molar-refractivity contribution is -0.134. The van der Waals surface area contributed by atoms with E-state index in [4.69, 9.17) is 21.3 Å². The molecule has 5 N–H and O–H groups in total. The number of rotatable bonds is 10. The Morgan fingerprint density at radius 2 is 1.92 bits per heavy atom. The van der Waals surface area contributed by atoms with Gasteiger partial charge in [-0.25, -0.2) is 8.42 Å². The molecule has 198 valence electrons. The zero-order valence-electron chi connectivity index (χ0n) is 21.0. The molecule has 1 aliphatic heterocycles. The summed E-state index contributed by atoms with van der Waals surface area (Å²) in [5.41, 5.74) is 7.88. The first-order chi connectivity index (χ1) is 17.5. The number of nitrogens with zero attached hydrogens (tertiary/aromatic N) is 2. The number of benzene rings is 2. The van der Waals surface area contributed by atoms with Gasteiger partial charge in [0.25, 0.3) is 0 Å². The number of hydrogen-bond acceptors (Lipinski definition) is 6. The van der Waals surface area contributed by atoms with Crippen LogP contribution in [0.3, 0.4) is 0 Å². The molecule has 0 aromatic heterocycles. The van der Waals surface area contributed by atoms with Crippen molar-refractivity contribution < 1.29 is 23.1 Å². The van der Waals surface area contributed by atoms with E-state index in [0.717, 1.165) is 41.4 Å². The minimum atomic E-state index is -4.16. The Morgan fingerprint density at radius 1 is 1.22 bits per heavy atom. The first-order valence-corrected chi connectivity index (χ1v) is 13.5. The van der Waals surface area contributed by atoms with Crippen LogP contribution in [0.25, 0.3) is 6.08 Å². The summed E-state index contributed by atoms with van der Waals surface area (Å²) in [6.07, 6.45) is 4.89. The van der Waals surface area contributed by atoms with Gasteiger partial charge < -0.3 is 20.5 Å². The molecule has 2 aromatic carbocycles. The summed E-state index contributed by atoms with van der Waals surface area (Å²) >= 11 is 0. The summed E-state index contributed by atoms with van der Waals surface area (Å²) < 4.78 is 33.1. The molecule has 1 saturated heterocycles. The molecule has 0 saturated carbocycles. The summed E-state index contributed by atoms with van der Waals surface area (Å²) in [5.74, 6) is -1.37. The molecule has 1 fully saturated rings. The molecule has 3 rings (SSSR count). The average molecular weight is 528 g/mol. The van der Waals surface area contributed by atoms with Crippen molar-refractivity contribution in [2.45, 2.75) is 32.8 Å². The molecule has 10 nitrogen and oxygen atoms in total. The van der Waals surface area contributed by atoms with Crippen LogP contribution >= 0.6 is 0 Å². The molecule has 11 heteroatoms. The zero-order chi connectivity index (χ0) is 27.2. The summed E-state index contributed by atoms with van der Waals surface area (Å²) in [6, 6.07) is 11.9. The van der Waals surface area contributed by atoms with Crippen LogP contribution in [-0.2, 0) is 14.8 Å². The molecule has 0 spiro atoms. The highest BCUT2D eigenvalue weighted by molar-refractivity contribution is 7.93. The largest absolute Gasteiger partial charge is 0.490 e. The van der Waals surface area contributed by atoms with Crippen molar-refractivity contribution in [2.75, 3.05) is 29.7 Å². The lowest BCUT2D eigenvalue weighted by atomic mass is 10.1. The van der Waals surface area contributed by atoms with Gasteiger partial charge in [-0.15, -0.1) is 0 Å². The molecule has 1 aliphatic rings. The molecule has 0 radical (unpaired) electrons. The van der Waals surface area contributed by atoms with E-state index >= 15 is 0 Å². The minimum Gasteiger partial charge on any atom is -0.490 e. The van der Waals surface area contributed by atoms with Gasteiger partial charge in [-0.05, 0) is 49.2 Å². The second-order valence-electron chi connectivity index (χ2n) is 8.96. The molecule has 0 unspecified atom stereocenters. The summed E-state index contributed by atoms with van der Waals surface area (Å²) in [6.45, 7) is 5.01. The minimum absolute atomic E-state index is 0.000644. The maximum atomic E-state index is 12.9. The van der Waals surface area contributed by atoms with Crippen LogP contribution in [0.5, 0.6) is 5.75 Å². The zero-order valence-corrected chi connectivity index (χ0v) is 21.8. The number of aliphatic carboxylic acids is 1. The molecular weight excluding hydrogens is 494 g/mol. The van der Waals surface area contributed by atoms with Crippen molar-refractivity contribution in [1.82, 2.24) is 4.90 Å². The van der Waals surface area contributed by atoms with Gasteiger partial charge in [0.1, 0.15) is 17.7 Å². The Balaban J connectivity index is 1.80. The van der Waals surface area contributed by atoms with Gasteiger partial charge in [-0.1, -0.05) is 30.4 Å². The molecular formula is C26H33N5O5S. The third-order valence-corrected chi connectivity index (χ3v) is 7.72. The fraction of sp³-hybridized carbons (Fsp3) is 0.346. The van der Waals surface area contributed by atoms with Crippen LogP contribution in [0.15, 0.2) is 48.5 Å². The number of ether oxygens (including phenoxy) is 1. The summed E-state index contributed by atoms with van der Waals surface area (Å²) in [5, 5.41) is 24.5. The van der Waals surface area contributed by atoms with Crippen molar-refractivity contribution >= 4 is 39.4 Å². The molecule has 0 atom stereocenters. The van der Waals surface area contributed by atoms with Crippen molar-refractivity contribution in [3.05, 3.63) is 65.2 Å². The number of anilines is 1. The third kappa shape index (κ3) is 7.56. The number of sulfonamides is 1. The standard InChI is InChI=1S/C26H33N5O5S/c1-18-15-22(8-9-24(18)36-23-10-13-30(14-11-23)19(2)27)31(37(34,35)17-25(32)33)12-4-6-20-5-3-7-21(16-20)26(28)29/h3-9,15-16,23,27H,10-14,17H2,1-2H3,(H3,28,29)(H,32,33). The Kier molecular flexibility index (Phi) is 8.93. The molecule has 0 bridgehead atoms. The first-order valence-electron chi connectivity index (χ1n) is 11.9. The Hall–Kier alpha value is -3.86. The number of carbonyl (C=O) groups is 1. The number of nitrogens with one attached hydrogen (secondary N) is 2. The van der Waals surface area contributed by atoms with Crippen molar-refractivity contribution in [3.8, 4) is 5.75 Å². The van der Waals surface area contributed by atoms with Gasteiger partial charge in [-0.3, -0.25) is 19.9 Å². The van der Waals surface area contributed by atoms with E-state index in [0.29, 0.717) is 22.8 Å². The number of likely N-dealkylation sites (tertiary alicyclic amines) is 1. The Bertz CT molecular complexity index is 1300. The van der Waals surface area contributed by atoms with Gasteiger partial charge in [0.15, 0.2) is 5.75 Å². The Morgan fingerprint density at radius 3 is 2.51 bits per heavy atom. The van der Waals surface area contributed by atoms with Crippen LogP contribution < -0.4 is 14.8 Å². The molecule has 1 heterocycles. The van der Waals surface area contributed by atoms with Gasteiger partial charge in [0, 0.05) is 31.5 Å². The van der Waals surface area contributed by atoms with Crippen molar-refractivity contribution in [2.24, 2.45) is 5.73 Å². The van der Waals surface area contributed by atoms with E-state index in [9.17, 15) is 18.3 Å². The highest BCUT2D eigenvalue weighted by Gasteiger charge is 2.26. The van der Waals surface area contributed by atoms with Gasteiger partial charge in [0.05, 0.1) is 18.1 Å². The summed E-state index contributed by atoms with van der Waals surface area (Å²) in [7, 11) is -4.16. The number of aryl methyl sites for hydroxylation is 1. The fourth-order valence-corrected chi connectivity index (χ4v) is 5.33. The van der Waals surface area contributed by atoms with Crippen LogP contribution in [0, 0.1) is 17.7 Å². The SMILES string of the molecule is CC(=N)N1CCC(Oc2ccc(N(CC=Cc3cccc(C(=N)N)c3)S(=O)(=O)CC(=O)O)cc2C)CC1. The van der Waals surface area contributed by atoms with Gasteiger partial charge >= 0.3 is 5.97 Å². The lowest BCUT2D eigenvalue weighted by Crippen LogP contribution is -2.40. The predicted molar refractivity (Wildman–Crippen MR) is 145 cm³/mol. The fourth-order valence-electron chi connectivity index (χ4n) is 4.12. The van der Waals surface area contributed by atoms with Crippen molar-refractivity contribution in [3.63, 3.8) is 0 Å². The third-order valence-electron chi connectivity index (χ3n) is 6.08. The van der Waals surface area contributed by atoms with E-state index in [2.05, 4.69) is 0 Å². The lowest BCUT2D eigenvalue weighted by Gasteiger charge is -2.33. The summed E-state index contributed by atoms with van der Waals surface area (Å²) in [4.78, 5) is 13.3. The van der Waals surface area contributed by atoms with Crippen LogP contribution in [0.4, 0.5) is 5.69 Å². The second kappa shape index (κ2) is 11.9. The number of carboxylic acids is 1.